The van der Waals surface area contributed by atoms with Gasteiger partial charge in [0.2, 0.25) is 0 Å². The Kier molecular flexibility index (Phi) is 4.03. The molecule has 2 heterocycles. The summed E-state index contributed by atoms with van der Waals surface area (Å²) in [6, 6.07) is 10.6. The molecular weight excluding hydrogens is 362 g/mol. The van der Waals surface area contributed by atoms with Gasteiger partial charge in [-0.1, -0.05) is 12.1 Å². The Morgan fingerprint density at radius 3 is 2.50 bits per heavy atom. The predicted molar refractivity (Wildman–Crippen MR) is 105 cm³/mol. The number of hydrogen-bond donors (Lipinski definition) is 1. The molecule has 0 aliphatic heterocycles. The molecule has 2 N–H and O–H groups in total. The smallest absolute Gasteiger partial charge is 0.277 e. The molecule has 0 aliphatic rings. The van der Waals surface area contributed by atoms with Gasteiger partial charge in [0.1, 0.15) is 17.3 Å². The lowest BCUT2D eigenvalue weighted by Crippen LogP contribution is -2.22. The van der Waals surface area contributed by atoms with E-state index in [4.69, 9.17) is 5.73 Å². The van der Waals surface area contributed by atoms with Crippen LogP contribution in [0.3, 0.4) is 0 Å². The molecule has 0 aliphatic carbocycles. The van der Waals surface area contributed by atoms with E-state index < -0.39 is 11.6 Å². The first-order valence-corrected chi connectivity index (χ1v) is 8.70. The van der Waals surface area contributed by atoms with Gasteiger partial charge >= 0.3 is 0 Å². The minimum absolute atomic E-state index is 0.186. The number of anilines is 1. The zero-order chi connectivity index (χ0) is 20.2. The van der Waals surface area contributed by atoms with Gasteiger partial charge in [0.05, 0.1) is 17.0 Å². The third kappa shape index (κ3) is 2.58. The van der Waals surface area contributed by atoms with E-state index in [9.17, 15) is 13.6 Å². The van der Waals surface area contributed by atoms with Crippen LogP contribution in [0.4, 0.5) is 14.5 Å². The average Bonchev–Trinajstić information content (AvgIpc) is 2.98. The molecule has 0 amide bonds. The summed E-state index contributed by atoms with van der Waals surface area (Å²) in [4.78, 5) is 13.0. The van der Waals surface area contributed by atoms with Crippen LogP contribution in [0, 0.1) is 25.5 Å². The molecule has 2 aromatic carbocycles. The summed E-state index contributed by atoms with van der Waals surface area (Å²) in [5, 5.41) is 4.32. The Labute approximate surface area is 159 Å². The lowest BCUT2D eigenvalue weighted by molar-refractivity contribution is 0.585. The maximum atomic E-state index is 14.5. The van der Waals surface area contributed by atoms with Gasteiger partial charge in [-0.15, -0.1) is 0 Å². The van der Waals surface area contributed by atoms with E-state index in [1.807, 2.05) is 6.07 Å². The summed E-state index contributed by atoms with van der Waals surface area (Å²) < 4.78 is 31.0. The first-order chi connectivity index (χ1) is 13.3. The van der Waals surface area contributed by atoms with Crippen molar-refractivity contribution in [3.63, 3.8) is 0 Å². The molecule has 28 heavy (non-hydrogen) atoms. The van der Waals surface area contributed by atoms with Crippen molar-refractivity contribution < 1.29 is 8.78 Å². The number of benzene rings is 2. The van der Waals surface area contributed by atoms with Gasteiger partial charge in [0, 0.05) is 35.5 Å². The normalized spacial score (nSPS) is 11.3. The van der Waals surface area contributed by atoms with Crippen LogP contribution in [0.5, 0.6) is 0 Å². The largest absolute Gasteiger partial charge is 0.399 e. The molecule has 142 valence electrons. The number of nitrogens with two attached hydrogens (primary N) is 1. The van der Waals surface area contributed by atoms with E-state index in [1.54, 1.807) is 43.7 Å². The van der Waals surface area contributed by atoms with Crippen LogP contribution in [0.1, 0.15) is 11.3 Å². The molecular formula is C21H18F2N4O. The maximum Gasteiger partial charge on any atom is 0.277 e. The summed E-state index contributed by atoms with van der Waals surface area (Å²) in [6.07, 6.45) is 0. The summed E-state index contributed by atoms with van der Waals surface area (Å²) in [6.45, 7) is 3.41. The fourth-order valence-electron chi connectivity index (χ4n) is 3.69. The molecule has 7 heteroatoms. The monoisotopic (exact) mass is 380 g/mol. The fraction of sp³-hybridized carbons (Fsp3) is 0.143. The maximum absolute atomic E-state index is 14.5. The van der Waals surface area contributed by atoms with Crippen LogP contribution in [0.15, 0.2) is 47.3 Å². The summed E-state index contributed by atoms with van der Waals surface area (Å²) in [5.74, 6) is -1.38. The van der Waals surface area contributed by atoms with Gasteiger partial charge in [-0.2, -0.15) is 9.61 Å². The van der Waals surface area contributed by atoms with E-state index in [2.05, 4.69) is 5.10 Å². The quantitative estimate of drug-likeness (QED) is 0.537. The van der Waals surface area contributed by atoms with Gasteiger partial charge in [-0.25, -0.2) is 8.78 Å². The minimum atomic E-state index is -0.712. The van der Waals surface area contributed by atoms with Gasteiger partial charge < -0.3 is 10.3 Å². The average molecular weight is 380 g/mol. The Morgan fingerprint density at radius 2 is 1.82 bits per heavy atom. The van der Waals surface area contributed by atoms with E-state index in [-0.39, 0.29) is 11.1 Å². The molecule has 0 saturated heterocycles. The number of nitrogen functional groups attached to an aromatic ring is 1. The Morgan fingerprint density at radius 1 is 1.07 bits per heavy atom. The van der Waals surface area contributed by atoms with Crippen LogP contribution in [-0.4, -0.2) is 14.2 Å². The molecule has 4 aromatic rings. The summed E-state index contributed by atoms with van der Waals surface area (Å²) in [7, 11) is 1.78. The Balaban J connectivity index is 2.15. The molecule has 0 radical (unpaired) electrons. The standard InChI is InChI=1S/C21H18F2N4O/c1-11-19(13-5-4-6-15(24)9-13)26(3)20-18(12(2)25-27(20)21(11)28)16-8-7-14(22)10-17(16)23/h4-10H,24H2,1-3H3. The lowest BCUT2D eigenvalue weighted by Gasteiger charge is -2.16. The van der Waals surface area contributed by atoms with Gasteiger partial charge in [-0.3, -0.25) is 4.79 Å². The lowest BCUT2D eigenvalue weighted by atomic mass is 10.0. The van der Waals surface area contributed by atoms with E-state index >= 15 is 0 Å². The molecule has 0 fully saturated rings. The predicted octanol–water partition coefficient (Wildman–Crippen LogP) is 3.84. The zero-order valence-corrected chi connectivity index (χ0v) is 15.6. The number of nitrogens with zero attached hydrogens (tertiary/aromatic N) is 3. The van der Waals surface area contributed by atoms with Crippen molar-refractivity contribution in [2.24, 2.45) is 7.05 Å². The topological polar surface area (TPSA) is 65.3 Å². The third-order valence-corrected chi connectivity index (χ3v) is 4.92. The number of hydrogen-bond acceptors (Lipinski definition) is 3. The van der Waals surface area contributed by atoms with Crippen LogP contribution >= 0.6 is 0 Å². The van der Waals surface area contributed by atoms with Crippen molar-refractivity contribution >= 4 is 11.3 Å². The Hall–Kier alpha value is -3.48. The van der Waals surface area contributed by atoms with Crippen LogP contribution in [0.25, 0.3) is 28.0 Å². The van der Waals surface area contributed by atoms with Gasteiger partial charge in [0.15, 0.2) is 0 Å². The van der Waals surface area contributed by atoms with Gasteiger partial charge in [0.25, 0.3) is 5.56 Å². The SMILES string of the molecule is Cc1nn2c(=O)c(C)c(-c3cccc(N)c3)n(C)c2c1-c1ccc(F)cc1F. The molecule has 0 saturated carbocycles. The highest BCUT2D eigenvalue weighted by molar-refractivity contribution is 5.83. The number of rotatable bonds is 2. The number of halogens is 2. The van der Waals surface area contributed by atoms with Crippen molar-refractivity contribution in [2.75, 3.05) is 5.73 Å². The highest BCUT2D eigenvalue weighted by atomic mass is 19.1. The van der Waals surface area contributed by atoms with Gasteiger partial charge in [-0.05, 0) is 38.1 Å². The summed E-state index contributed by atoms with van der Waals surface area (Å²) >= 11 is 0. The van der Waals surface area contributed by atoms with Crippen molar-refractivity contribution in [1.29, 1.82) is 0 Å². The number of aryl methyl sites for hydroxylation is 2. The van der Waals surface area contributed by atoms with Crippen LogP contribution in [-0.2, 0) is 7.05 Å². The number of fused-ring (bicyclic) bond motifs is 1. The second kappa shape index (κ2) is 6.30. The first kappa shape index (κ1) is 17.9. The highest BCUT2D eigenvalue weighted by Gasteiger charge is 2.22. The number of aromatic nitrogens is 3. The van der Waals surface area contributed by atoms with Crippen molar-refractivity contribution in [1.82, 2.24) is 14.2 Å². The van der Waals surface area contributed by atoms with E-state index in [1.165, 1.54) is 16.6 Å². The first-order valence-electron chi connectivity index (χ1n) is 8.70. The van der Waals surface area contributed by atoms with Crippen molar-refractivity contribution in [2.45, 2.75) is 13.8 Å². The van der Waals surface area contributed by atoms with Crippen LogP contribution in [0.2, 0.25) is 0 Å². The molecule has 5 nitrogen and oxygen atoms in total. The van der Waals surface area contributed by atoms with E-state index in [0.29, 0.717) is 33.8 Å². The fourth-order valence-corrected chi connectivity index (χ4v) is 3.69. The summed E-state index contributed by atoms with van der Waals surface area (Å²) in [5.41, 5.74) is 9.64. The molecule has 4 rings (SSSR count). The zero-order valence-electron chi connectivity index (χ0n) is 15.6. The molecule has 0 unspecified atom stereocenters. The minimum Gasteiger partial charge on any atom is -0.399 e. The van der Waals surface area contributed by atoms with Crippen molar-refractivity contribution in [3.8, 4) is 22.4 Å². The van der Waals surface area contributed by atoms with Crippen LogP contribution < -0.4 is 11.3 Å². The van der Waals surface area contributed by atoms with E-state index in [0.717, 1.165) is 11.6 Å². The second-order valence-corrected chi connectivity index (χ2v) is 6.78. The second-order valence-electron chi connectivity index (χ2n) is 6.78. The molecule has 0 spiro atoms. The molecule has 0 atom stereocenters. The highest BCUT2D eigenvalue weighted by Crippen LogP contribution is 2.33. The Bertz CT molecular complexity index is 1300. The molecule has 0 bridgehead atoms. The molecule has 2 aromatic heterocycles. The van der Waals surface area contributed by atoms with Crippen molar-refractivity contribution in [3.05, 3.63) is 75.7 Å². The third-order valence-electron chi connectivity index (χ3n) is 4.92.